The Labute approximate surface area is 113 Å². The highest BCUT2D eigenvalue weighted by molar-refractivity contribution is 5.75. The number of carbonyl (C=O) groups is 1. The third-order valence-electron chi connectivity index (χ3n) is 3.95. The Morgan fingerprint density at radius 2 is 2.11 bits per heavy atom. The Morgan fingerprint density at radius 1 is 1.42 bits per heavy atom. The molecule has 0 aromatic heterocycles. The third kappa shape index (κ3) is 3.53. The van der Waals surface area contributed by atoms with E-state index in [2.05, 4.69) is 17.1 Å². The van der Waals surface area contributed by atoms with E-state index >= 15 is 0 Å². The molecule has 104 valence electrons. The van der Waals surface area contributed by atoms with Crippen LogP contribution in [0.4, 0.5) is 4.39 Å². The molecule has 1 aromatic carbocycles. The summed E-state index contributed by atoms with van der Waals surface area (Å²) in [4.78, 5) is 13.6. The van der Waals surface area contributed by atoms with Gasteiger partial charge in [-0.25, -0.2) is 4.39 Å². The maximum Gasteiger partial charge on any atom is 0.221 e. The average Bonchev–Trinajstić information content (AvgIpc) is 2.78. The number of nitrogens with one attached hydrogen (secondary N) is 1. The van der Waals surface area contributed by atoms with Crippen LogP contribution in [0.15, 0.2) is 24.3 Å². The standard InChI is InChI=1S/C15H21FN2O/c1-11-9-13(12-3-5-14(16)6-4-12)10-18(11)8-7-15(19)17-2/h3-6,11,13H,7-10H2,1-2H3,(H,17,19)/t11-,13+/m0/s1. The number of nitrogens with zero attached hydrogens (tertiary/aromatic N) is 1. The number of hydrogen-bond donors (Lipinski definition) is 1. The van der Waals surface area contributed by atoms with E-state index in [9.17, 15) is 9.18 Å². The van der Waals surface area contributed by atoms with Gasteiger partial charge in [0, 0.05) is 32.6 Å². The van der Waals surface area contributed by atoms with Crippen LogP contribution in [0, 0.1) is 5.82 Å². The molecular formula is C15H21FN2O. The molecule has 3 nitrogen and oxygen atoms in total. The van der Waals surface area contributed by atoms with E-state index in [0.717, 1.165) is 19.5 Å². The highest BCUT2D eigenvalue weighted by Crippen LogP contribution is 2.31. The molecule has 1 fully saturated rings. The van der Waals surface area contributed by atoms with Gasteiger partial charge in [-0.15, -0.1) is 0 Å². The molecule has 2 rings (SSSR count). The van der Waals surface area contributed by atoms with Gasteiger partial charge in [-0.1, -0.05) is 12.1 Å². The number of halogens is 1. The molecule has 1 aliphatic heterocycles. The zero-order valence-corrected chi connectivity index (χ0v) is 11.5. The SMILES string of the molecule is CNC(=O)CCN1C[C@H](c2ccc(F)cc2)C[C@@H]1C. The summed E-state index contributed by atoms with van der Waals surface area (Å²) in [5.41, 5.74) is 1.19. The lowest BCUT2D eigenvalue weighted by Gasteiger charge is -2.20. The van der Waals surface area contributed by atoms with E-state index in [-0.39, 0.29) is 11.7 Å². The predicted molar refractivity (Wildman–Crippen MR) is 73.5 cm³/mol. The molecule has 1 aromatic rings. The molecule has 1 aliphatic rings. The molecule has 1 heterocycles. The van der Waals surface area contributed by atoms with E-state index in [1.54, 1.807) is 7.05 Å². The van der Waals surface area contributed by atoms with Crippen LogP contribution in [0.5, 0.6) is 0 Å². The second kappa shape index (κ2) is 6.15. The van der Waals surface area contributed by atoms with Gasteiger partial charge in [-0.3, -0.25) is 9.69 Å². The van der Waals surface area contributed by atoms with E-state index in [1.807, 2.05) is 12.1 Å². The summed E-state index contributed by atoms with van der Waals surface area (Å²) in [5, 5.41) is 2.65. The fraction of sp³-hybridized carbons (Fsp3) is 0.533. The fourth-order valence-electron chi connectivity index (χ4n) is 2.76. The van der Waals surface area contributed by atoms with Crippen LogP contribution < -0.4 is 5.32 Å². The van der Waals surface area contributed by atoms with Gasteiger partial charge in [0.1, 0.15) is 5.82 Å². The van der Waals surface area contributed by atoms with Crippen molar-refractivity contribution in [3.8, 4) is 0 Å². The molecule has 2 atom stereocenters. The Hall–Kier alpha value is -1.42. The van der Waals surface area contributed by atoms with Gasteiger partial charge in [0.2, 0.25) is 5.91 Å². The molecule has 1 amide bonds. The van der Waals surface area contributed by atoms with Crippen molar-refractivity contribution in [2.45, 2.75) is 31.7 Å². The van der Waals surface area contributed by atoms with Crippen molar-refractivity contribution in [3.05, 3.63) is 35.6 Å². The van der Waals surface area contributed by atoms with Gasteiger partial charge < -0.3 is 5.32 Å². The lowest BCUT2D eigenvalue weighted by molar-refractivity contribution is -0.120. The number of hydrogen-bond acceptors (Lipinski definition) is 2. The van der Waals surface area contributed by atoms with Crippen LogP contribution in [-0.4, -0.2) is 37.0 Å². The van der Waals surface area contributed by atoms with Crippen molar-refractivity contribution in [3.63, 3.8) is 0 Å². The average molecular weight is 264 g/mol. The minimum absolute atomic E-state index is 0.0810. The molecule has 0 unspecified atom stereocenters. The zero-order chi connectivity index (χ0) is 13.8. The summed E-state index contributed by atoms with van der Waals surface area (Å²) in [7, 11) is 1.66. The lowest BCUT2D eigenvalue weighted by Crippen LogP contribution is -2.31. The van der Waals surface area contributed by atoms with Gasteiger partial charge in [-0.2, -0.15) is 0 Å². The maximum absolute atomic E-state index is 12.9. The topological polar surface area (TPSA) is 32.3 Å². The van der Waals surface area contributed by atoms with Crippen LogP contribution in [-0.2, 0) is 4.79 Å². The van der Waals surface area contributed by atoms with E-state index < -0.39 is 0 Å². The normalized spacial score (nSPS) is 23.5. The van der Waals surface area contributed by atoms with Gasteiger partial charge in [-0.05, 0) is 37.0 Å². The van der Waals surface area contributed by atoms with Crippen LogP contribution in [0.25, 0.3) is 0 Å². The van der Waals surface area contributed by atoms with Crippen LogP contribution >= 0.6 is 0 Å². The molecule has 0 spiro atoms. The minimum Gasteiger partial charge on any atom is -0.359 e. The van der Waals surface area contributed by atoms with Crippen LogP contribution in [0.2, 0.25) is 0 Å². The second-order valence-electron chi connectivity index (χ2n) is 5.25. The summed E-state index contributed by atoms with van der Waals surface area (Å²) in [6, 6.07) is 7.25. The van der Waals surface area contributed by atoms with E-state index in [1.165, 1.54) is 17.7 Å². The van der Waals surface area contributed by atoms with Gasteiger partial charge in [0.15, 0.2) is 0 Å². The summed E-state index contributed by atoms with van der Waals surface area (Å²) in [6.45, 7) is 3.93. The van der Waals surface area contributed by atoms with Gasteiger partial charge in [0.25, 0.3) is 0 Å². The van der Waals surface area contributed by atoms with E-state index in [0.29, 0.717) is 18.4 Å². The van der Waals surface area contributed by atoms with Crippen molar-refractivity contribution in [2.75, 3.05) is 20.1 Å². The highest BCUT2D eigenvalue weighted by atomic mass is 19.1. The molecular weight excluding hydrogens is 243 g/mol. The molecule has 19 heavy (non-hydrogen) atoms. The first kappa shape index (κ1) is 14.0. The number of likely N-dealkylation sites (tertiary alicyclic amines) is 1. The minimum atomic E-state index is -0.189. The Morgan fingerprint density at radius 3 is 2.74 bits per heavy atom. The monoisotopic (exact) mass is 264 g/mol. The van der Waals surface area contributed by atoms with Crippen LogP contribution in [0.3, 0.4) is 0 Å². The smallest absolute Gasteiger partial charge is 0.221 e. The molecule has 0 bridgehead atoms. The van der Waals surface area contributed by atoms with Crippen molar-refractivity contribution < 1.29 is 9.18 Å². The van der Waals surface area contributed by atoms with Crippen molar-refractivity contribution in [2.24, 2.45) is 0 Å². The summed E-state index contributed by atoms with van der Waals surface area (Å²) >= 11 is 0. The Bertz CT molecular complexity index is 432. The quantitative estimate of drug-likeness (QED) is 0.903. The molecule has 1 N–H and O–H groups in total. The first-order chi connectivity index (χ1) is 9.10. The van der Waals surface area contributed by atoms with Crippen molar-refractivity contribution >= 4 is 5.91 Å². The number of amides is 1. The molecule has 0 aliphatic carbocycles. The van der Waals surface area contributed by atoms with Crippen molar-refractivity contribution in [1.29, 1.82) is 0 Å². The predicted octanol–water partition coefficient (Wildman–Crippen LogP) is 2.14. The Kier molecular flexibility index (Phi) is 4.53. The molecule has 4 heteroatoms. The second-order valence-corrected chi connectivity index (χ2v) is 5.25. The number of carbonyl (C=O) groups excluding carboxylic acids is 1. The molecule has 1 saturated heterocycles. The van der Waals surface area contributed by atoms with Crippen LogP contribution in [0.1, 0.15) is 31.2 Å². The van der Waals surface area contributed by atoms with Gasteiger partial charge in [0.05, 0.1) is 0 Å². The fourth-order valence-corrected chi connectivity index (χ4v) is 2.76. The number of benzene rings is 1. The highest BCUT2D eigenvalue weighted by Gasteiger charge is 2.29. The maximum atomic E-state index is 12.9. The summed E-state index contributed by atoms with van der Waals surface area (Å²) in [6.07, 6.45) is 1.61. The van der Waals surface area contributed by atoms with Crippen molar-refractivity contribution in [1.82, 2.24) is 10.2 Å². The molecule has 0 radical (unpaired) electrons. The Balaban J connectivity index is 1.93. The number of rotatable bonds is 4. The third-order valence-corrected chi connectivity index (χ3v) is 3.95. The summed E-state index contributed by atoms with van der Waals surface area (Å²) < 4.78 is 12.9. The largest absolute Gasteiger partial charge is 0.359 e. The first-order valence-corrected chi connectivity index (χ1v) is 6.80. The first-order valence-electron chi connectivity index (χ1n) is 6.80. The van der Waals surface area contributed by atoms with E-state index in [4.69, 9.17) is 0 Å². The van der Waals surface area contributed by atoms with Gasteiger partial charge >= 0.3 is 0 Å². The molecule has 0 saturated carbocycles. The summed E-state index contributed by atoms with van der Waals surface area (Å²) in [5.74, 6) is 0.337. The lowest BCUT2D eigenvalue weighted by atomic mass is 9.97. The zero-order valence-electron chi connectivity index (χ0n) is 11.5.